The number of oxazole rings is 1. The summed E-state index contributed by atoms with van der Waals surface area (Å²) in [4.78, 5) is 18.8. The Morgan fingerprint density at radius 3 is 2.44 bits per heavy atom. The lowest BCUT2D eigenvalue weighted by Crippen LogP contribution is -2.05. The van der Waals surface area contributed by atoms with Gasteiger partial charge in [-0.3, -0.25) is 0 Å². The van der Waals surface area contributed by atoms with Gasteiger partial charge in [-0.05, 0) is 24.3 Å². The molecule has 0 bridgehead atoms. The van der Waals surface area contributed by atoms with Gasteiger partial charge in [0.25, 0.3) is 0 Å². The third kappa shape index (κ3) is 1.84. The SMILES string of the molecule is O=C1CN=C(c2ccc(-c3ncc(O)o3)cc2)O1. The van der Waals surface area contributed by atoms with E-state index in [-0.39, 0.29) is 18.5 Å². The second-order valence-electron chi connectivity index (χ2n) is 3.68. The zero-order chi connectivity index (χ0) is 12.5. The number of carbonyl (C=O) groups excluding carboxylic acids is 1. The van der Waals surface area contributed by atoms with Gasteiger partial charge in [0.2, 0.25) is 11.8 Å². The molecule has 1 aromatic heterocycles. The summed E-state index contributed by atoms with van der Waals surface area (Å²) >= 11 is 0. The lowest BCUT2D eigenvalue weighted by Gasteiger charge is -2.00. The molecule has 1 aromatic carbocycles. The first-order valence-corrected chi connectivity index (χ1v) is 5.23. The van der Waals surface area contributed by atoms with Crippen molar-refractivity contribution in [2.24, 2.45) is 4.99 Å². The highest BCUT2D eigenvalue weighted by Crippen LogP contribution is 2.22. The van der Waals surface area contributed by atoms with Gasteiger partial charge >= 0.3 is 11.9 Å². The van der Waals surface area contributed by atoms with Gasteiger partial charge in [-0.15, -0.1) is 0 Å². The van der Waals surface area contributed by atoms with Crippen LogP contribution in [0.1, 0.15) is 5.56 Å². The van der Waals surface area contributed by atoms with Crippen LogP contribution in [-0.4, -0.2) is 28.5 Å². The van der Waals surface area contributed by atoms with Crippen molar-refractivity contribution < 1.29 is 19.1 Å². The first-order chi connectivity index (χ1) is 8.72. The van der Waals surface area contributed by atoms with E-state index >= 15 is 0 Å². The number of aliphatic imine (C=N–C) groups is 1. The predicted octanol–water partition coefficient (Wildman–Crippen LogP) is 1.35. The summed E-state index contributed by atoms with van der Waals surface area (Å²) < 4.78 is 9.91. The molecule has 2 heterocycles. The summed E-state index contributed by atoms with van der Waals surface area (Å²) in [6, 6.07) is 6.98. The number of nitrogens with zero attached hydrogens (tertiary/aromatic N) is 2. The number of carbonyl (C=O) groups is 1. The monoisotopic (exact) mass is 244 g/mol. The number of ether oxygens (including phenoxy) is 1. The first kappa shape index (κ1) is 10.5. The molecule has 18 heavy (non-hydrogen) atoms. The second kappa shape index (κ2) is 3.99. The van der Waals surface area contributed by atoms with Crippen LogP contribution >= 0.6 is 0 Å². The van der Waals surface area contributed by atoms with Crippen molar-refractivity contribution in [2.45, 2.75) is 0 Å². The van der Waals surface area contributed by atoms with Crippen LogP contribution in [0.4, 0.5) is 0 Å². The molecule has 0 amide bonds. The van der Waals surface area contributed by atoms with Crippen molar-refractivity contribution in [2.75, 3.05) is 6.54 Å². The summed E-state index contributed by atoms with van der Waals surface area (Å²) in [6.07, 6.45) is 1.23. The van der Waals surface area contributed by atoms with Crippen LogP contribution in [0.5, 0.6) is 5.95 Å². The zero-order valence-electron chi connectivity index (χ0n) is 9.16. The Kier molecular flexibility index (Phi) is 2.33. The predicted molar refractivity (Wildman–Crippen MR) is 61.1 cm³/mol. The number of rotatable bonds is 2. The Morgan fingerprint density at radius 1 is 1.17 bits per heavy atom. The number of esters is 1. The normalized spacial score (nSPS) is 14.4. The lowest BCUT2D eigenvalue weighted by molar-refractivity contribution is -0.132. The largest absolute Gasteiger partial charge is 0.480 e. The Labute approximate surface area is 102 Å². The molecule has 0 radical (unpaired) electrons. The summed E-state index contributed by atoms with van der Waals surface area (Å²) in [5.41, 5.74) is 1.42. The number of aromatic hydroxyl groups is 1. The number of benzene rings is 1. The molecule has 3 rings (SSSR count). The minimum atomic E-state index is -0.355. The highest BCUT2D eigenvalue weighted by atomic mass is 16.6. The van der Waals surface area contributed by atoms with E-state index in [0.717, 1.165) is 0 Å². The van der Waals surface area contributed by atoms with Gasteiger partial charge in [0.05, 0.1) is 0 Å². The first-order valence-electron chi connectivity index (χ1n) is 5.23. The third-order valence-corrected chi connectivity index (χ3v) is 2.43. The molecule has 0 unspecified atom stereocenters. The van der Waals surface area contributed by atoms with Crippen LogP contribution in [0, 0.1) is 0 Å². The van der Waals surface area contributed by atoms with Gasteiger partial charge in [-0.1, -0.05) is 0 Å². The molecule has 1 N–H and O–H groups in total. The van der Waals surface area contributed by atoms with Crippen LogP contribution in [-0.2, 0) is 9.53 Å². The van der Waals surface area contributed by atoms with Gasteiger partial charge in [0, 0.05) is 11.1 Å². The molecule has 0 fully saturated rings. The van der Waals surface area contributed by atoms with Crippen LogP contribution < -0.4 is 0 Å². The van der Waals surface area contributed by atoms with Crippen molar-refractivity contribution in [3.63, 3.8) is 0 Å². The molecule has 6 nitrogen and oxygen atoms in total. The molecule has 90 valence electrons. The minimum absolute atomic E-state index is 0.0602. The summed E-state index contributed by atoms with van der Waals surface area (Å²) in [6.45, 7) is 0.0602. The van der Waals surface area contributed by atoms with Crippen molar-refractivity contribution in [1.29, 1.82) is 0 Å². The van der Waals surface area contributed by atoms with Crippen LogP contribution in [0.25, 0.3) is 11.5 Å². The fourth-order valence-electron chi connectivity index (χ4n) is 1.61. The number of cyclic esters (lactones) is 1. The molecule has 0 atom stereocenters. The van der Waals surface area contributed by atoms with Crippen LogP contribution in [0.15, 0.2) is 39.9 Å². The minimum Gasteiger partial charge on any atom is -0.480 e. The van der Waals surface area contributed by atoms with E-state index in [9.17, 15) is 4.79 Å². The van der Waals surface area contributed by atoms with E-state index in [0.29, 0.717) is 22.9 Å². The van der Waals surface area contributed by atoms with Crippen molar-refractivity contribution in [3.8, 4) is 17.4 Å². The van der Waals surface area contributed by atoms with E-state index < -0.39 is 0 Å². The van der Waals surface area contributed by atoms with E-state index in [1.165, 1.54) is 6.20 Å². The molecule has 0 aliphatic carbocycles. The van der Waals surface area contributed by atoms with Gasteiger partial charge in [0.15, 0.2) is 0 Å². The number of hydrogen-bond donors (Lipinski definition) is 1. The highest BCUT2D eigenvalue weighted by Gasteiger charge is 2.18. The molecule has 6 heteroatoms. The molecule has 0 saturated heterocycles. The van der Waals surface area contributed by atoms with Gasteiger partial charge in [-0.25, -0.2) is 14.8 Å². The van der Waals surface area contributed by atoms with Gasteiger partial charge < -0.3 is 14.3 Å². The van der Waals surface area contributed by atoms with Crippen molar-refractivity contribution >= 4 is 11.9 Å². The molecular formula is C12H8N2O4. The summed E-state index contributed by atoms with van der Waals surface area (Å²) in [5.74, 6) is 0.0566. The van der Waals surface area contributed by atoms with Gasteiger partial charge in [0.1, 0.15) is 12.7 Å². The maximum Gasteiger partial charge on any atom is 0.334 e. The number of aromatic nitrogens is 1. The fourth-order valence-corrected chi connectivity index (χ4v) is 1.61. The topological polar surface area (TPSA) is 84.9 Å². The van der Waals surface area contributed by atoms with E-state index in [1.807, 2.05) is 0 Å². The third-order valence-electron chi connectivity index (χ3n) is 2.43. The van der Waals surface area contributed by atoms with E-state index in [4.69, 9.17) is 14.3 Å². The quantitative estimate of drug-likeness (QED) is 0.806. The van der Waals surface area contributed by atoms with E-state index in [2.05, 4.69) is 9.98 Å². The van der Waals surface area contributed by atoms with Crippen LogP contribution in [0.2, 0.25) is 0 Å². The van der Waals surface area contributed by atoms with Crippen molar-refractivity contribution in [3.05, 3.63) is 36.0 Å². The maximum absolute atomic E-state index is 10.9. The number of hydrogen-bond acceptors (Lipinski definition) is 6. The maximum atomic E-state index is 10.9. The zero-order valence-corrected chi connectivity index (χ0v) is 9.16. The Balaban J connectivity index is 1.87. The fraction of sp³-hybridized carbons (Fsp3) is 0.0833. The second-order valence-corrected chi connectivity index (χ2v) is 3.68. The highest BCUT2D eigenvalue weighted by molar-refractivity contribution is 6.05. The Bertz CT molecular complexity index is 628. The van der Waals surface area contributed by atoms with E-state index in [1.54, 1.807) is 24.3 Å². The lowest BCUT2D eigenvalue weighted by atomic mass is 10.1. The molecule has 0 saturated carbocycles. The summed E-state index contributed by atoms with van der Waals surface area (Å²) in [7, 11) is 0. The van der Waals surface area contributed by atoms with Crippen LogP contribution in [0.3, 0.4) is 0 Å². The molecule has 2 aromatic rings. The Morgan fingerprint density at radius 2 is 1.89 bits per heavy atom. The van der Waals surface area contributed by atoms with Crippen molar-refractivity contribution in [1.82, 2.24) is 4.98 Å². The summed E-state index contributed by atoms with van der Waals surface area (Å²) in [5, 5.41) is 9.06. The Hall–Kier alpha value is -2.63. The molecular weight excluding hydrogens is 236 g/mol. The smallest absolute Gasteiger partial charge is 0.334 e. The average molecular weight is 244 g/mol. The molecule has 1 aliphatic heterocycles. The molecule has 1 aliphatic rings. The average Bonchev–Trinajstić information content (AvgIpc) is 2.98. The molecule has 0 spiro atoms. The van der Waals surface area contributed by atoms with Gasteiger partial charge in [-0.2, -0.15) is 0 Å². The standard InChI is InChI=1S/C12H8N2O4/c15-9-5-13-11(17-9)7-1-2-8(4-3-7)12-14-6-10(16)18-12/h1-5,15H,6H2.